The van der Waals surface area contributed by atoms with Gasteiger partial charge in [-0.3, -0.25) is 4.99 Å². The number of aliphatic imine (C=N–C) groups is 1. The summed E-state index contributed by atoms with van der Waals surface area (Å²) in [4.78, 5) is 8.88. The first kappa shape index (κ1) is 24.5. The van der Waals surface area contributed by atoms with E-state index >= 15 is 0 Å². The third-order valence-electron chi connectivity index (χ3n) is 4.78. The van der Waals surface area contributed by atoms with Crippen LogP contribution < -0.4 is 20.5 Å². The molecule has 0 aliphatic rings. The summed E-state index contributed by atoms with van der Waals surface area (Å²) in [6, 6.07) is 16.2. The highest BCUT2D eigenvalue weighted by atomic mass is 127. The molecular weight excluding hydrogens is 505 g/mol. The molecule has 0 aliphatic heterocycles. The van der Waals surface area contributed by atoms with E-state index in [0.29, 0.717) is 19.0 Å². The summed E-state index contributed by atoms with van der Waals surface area (Å²) in [7, 11) is 3.26. The van der Waals surface area contributed by atoms with E-state index in [1.54, 1.807) is 14.2 Å². The number of rotatable bonds is 10. The summed E-state index contributed by atoms with van der Waals surface area (Å²) in [5.41, 5.74) is 8.39. The molecule has 1 aromatic heterocycles. The van der Waals surface area contributed by atoms with Crippen LogP contribution in [0.4, 0.5) is 0 Å². The van der Waals surface area contributed by atoms with Gasteiger partial charge in [-0.15, -0.1) is 24.0 Å². The molecule has 1 heterocycles. The maximum absolute atomic E-state index is 6.01. The van der Waals surface area contributed by atoms with E-state index in [2.05, 4.69) is 32.0 Å². The molecule has 0 radical (unpaired) electrons. The highest BCUT2D eigenvalue weighted by Gasteiger charge is 2.05. The molecule has 31 heavy (non-hydrogen) atoms. The molecule has 0 bridgehead atoms. The van der Waals surface area contributed by atoms with Crippen LogP contribution in [0.15, 0.2) is 65.9 Å². The third kappa shape index (κ3) is 7.46. The largest absolute Gasteiger partial charge is 0.493 e. The number of hydrogen-bond donors (Lipinski definition) is 2. The van der Waals surface area contributed by atoms with Crippen LogP contribution in [0, 0.1) is 0 Å². The number of guanidine groups is 1. The highest BCUT2D eigenvalue weighted by Crippen LogP contribution is 2.27. The van der Waals surface area contributed by atoms with E-state index in [-0.39, 0.29) is 24.0 Å². The first-order valence-corrected chi connectivity index (χ1v) is 9.98. The number of imidazole rings is 1. The molecule has 0 saturated heterocycles. The molecule has 0 unspecified atom stereocenters. The normalized spacial score (nSPS) is 11.0. The van der Waals surface area contributed by atoms with Crippen molar-refractivity contribution in [3.63, 3.8) is 0 Å². The lowest BCUT2D eigenvalue weighted by molar-refractivity contribution is 0.354. The fourth-order valence-corrected chi connectivity index (χ4v) is 3.20. The van der Waals surface area contributed by atoms with E-state index in [4.69, 9.17) is 15.2 Å². The van der Waals surface area contributed by atoms with Crippen molar-refractivity contribution < 1.29 is 9.47 Å². The second-order valence-electron chi connectivity index (χ2n) is 6.84. The molecule has 7 nitrogen and oxygen atoms in total. The fourth-order valence-electron chi connectivity index (χ4n) is 3.20. The van der Waals surface area contributed by atoms with E-state index in [0.717, 1.165) is 42.3 Å². The number of halogens is 1. The maximum Gasteiger partial charge on any atom is 0.188 e. The van der Waals surface area contributed by atoms with Crippen molar-refractivity contribution in [2.75, 3.05) is 27.3 Å². The van der Waals surface area contributed by atoms with Crippen molar-refractivity contribution in [2.24, 2.45) is 10.7 Å². The van der Waals surface area contributed by atoms with Gasteiger partial charge in [0.1, 0.15) is 5.82 Å². The predicted octanol–water partition coefficient (Wildman–Crippen LogP) is 3.26. The molecule has 0 fully saturated rings. The number of ether oxygens (including phenoxy) is 2. The Hall–Kier alpha value is -2.75. The molecule has 8 heteroatoms. The van der Waals surface area contributed by atoms with Crippen LogP contribution in [0.3, 0.4) is 0 Å². The van der Waals surface area contributed by atoms with Gasteiger partial charge in [0.15, 0.2) is 17.5 Å². The Labute approximate surface area is 200 Å². The number of nitrogens with two attached hydrogens (primary N) is 1. The molecule has 166 valence electrons. The molecule has 0 spiro atoms. The smallest absolute Gasteiger partial charge is 0.188 e. The Balaban J connectivity index is 0.00000341. The monoisotopic (exact) mass is 535 g/mol. The minimum Gasteiger partial charge on any atom is -0.493 e. The van der Waals surface area contributed by atoms with Gasteiger partial charge < -0.3 is 25.1 Å². The molecule has 0 atom stereocenters. The molecule has 0 amide bonds. The Bertz CT molecular complexity index is 960. The third-order valence-corrected chi connectivity index (χ3v) is 4.78. The van der Waals surface area contributed by atoms with Crippen LogP contribution in [-0.4, -0.2) is 42.8 Å². The van der Waals surface area contributed by atoms with Gasteiger partial charge in [0, 0.05) is 38.4 Å². The highest BCUT2D eigenvalue weighted by molar-refractivity contribution is 14.0. The lowest BCUT2D eigenvalue weighted by Crippen LogP contribution is -2.33. The van der Waals surface area contributed by atoms with Gasteiger partial charge in [-0.05, 0) is 29.7 Å². The van der Waals surface area contributed by atoms with E-state index < -0.39 is 0 Å². The standard InChI is InChI=1S/C23H29N5O2.HI/c1-29-20-9-8-18(16-21(20)30-2)10-12-26-23(24)27-13-11-22-25-14-15-28(22)17-19-6-4-3-5-7-19;/h3-9,14-16H,10-13,17H2,1-2H3,(H3,24,26,27);1H. The number of methoxy groups -OCH3 is 2. The van der Waals surface area contributed by atoms with Gasteiger partial charge in [0.25, 0.3) is 0 Å². The van der Waals surface area contributed by atoms with Gasteiger partial charge in [-0.2, -0.15) is 0 Å². The quantitative estimate of drug-likeness (QED) is 0.237. The molecule has 0 saturated carbocycles. The summed E-state index contributed by atoms with van der Waals surface area (Å²) >= 11 is 0. The maximum atomic E-state index is 6.01. The predicted molar refractivity (Wildman–Crippen MR) is 135 cm³/mol. The molecule has 2 aromatic carbocycles. The molecule has 0 aliphatic carbocycles. The minimum absolute atomic E-state index is 0. The topological polar surface area (TPSA) is 86.7 Å². The fraction of sp³-hybridized carbons (Fsp3) is 0.304. The summed E-state index contributed by atoms with van der Waals surface area (Å²) in [6.07, 6.45) is 5.36. The van der Waals surface area contributed by atoms with Gasteiger partial charge in [0.2, 0.25) is 0 Å². The van der Waals surface area contributed by atoms with Crippen LogP contribution in [0.1, 0.15) is 17.0 Å². The zero-order valence-corrected chi connectivity index (χ0v) is 20.3. The zero-order valence-electron chi connectivity index (χ0n) is 18.0. The summed E-state index contributed by atoms with van der Waals surface area (Å²) in [5, 5.41) is 3.16. The van der Waals surface area contributed by atoms with E-state index in [9.17, 15) is 0 Å². The van der Waals surface area contributed by atoms with E-state index in [1.165, 1.54) is 5.56 Å². The zero-order chi connectivity index (χ0) is 21.2. The summed E-state index contributed by atoms with van der Waals surface area (Å²) < 4.78 is 12.7. The first-order chi connectivity index (χ1) is 14.7. The van der Waals surface area contributed by atoms with Crippen molar-refractivity contribution in [2.45, 2.75) is 19.4 Å². The van der Waals surface area contributed by atoms with E-state index in [1.807, 2.05) is 48.8 Å². The van der Waals surface area contributed by atoms with Crippen molar-refractivity contribution in [3.8, 4) is 11.5 Å². The average molecular weight is 535 g/mol. The minimum atomic E-state index is 0. The Morgan fingerprint density at radius 2 is 1.81 bits per heavy atom. The van der Waals surface area contributed by atoms with Crippen LogP contribution in [0.2, 0.25) is 0 Å². The lowest BCUT2D eigenvalue weighted by atomic mass is 10.1. The Morgan fingerprint density at radius 1 is 1.03 bits per heavy atom. The van der Waals surface area contributed by atoms with Gasteiger partial charge >= 0.3 is 0 Å². The van der Waals surface area contributed by atoms with Crippen molar-refractivity contribution >= 4 is 29.9 Å². The van der Waals surface area contributed by atoms with Gasteiger partial charge in [-0.1, -0.05) is 36.4 Å². The van der Waals surface area contributed by atoms with Crippen molar-refractivity contribution in [1.82, 2.24) is 14.9 Å². The van der Waals surface area contributed by atoms with Crippen molar-refractivity contribution in [1.29, 1.82) is 0 Å². The summed E-state index contributed by atoms with van der Waals surface area (Å²) in [6.45, 7) is 2.08. The second-order valence-corrected chi connectivity index (χ2v) is 6.84. The molecule has 3 N–H and O–H groups in total. The van der Waals surface area contributed by atoms with Crippen molar-refractivity contribution in [3.05, 3.63) is 77.9 Å². The van der Waals surface area contributed by atoms with Crippen LogP contribution in [0.5, 0.6) is 11.5 Å². The number of benzene rings is 2. The number of nitrogens with zero attached hydrogens (tertiary/aromatic N) is 3. The Kier molecular flexibility index (Phi) is 10.2. The van der Waals surface area contributed by atoms with Crippen LogP contribution in [-0.2, 0) is 19.4 Å². The first-order valence-electron chi connectivity index (χ1n) is 9.98. The molecule has 3 aromatic rings. The second kappa shape index (κ2) is 12.8. The molecular formula is C23H30IN5O2. The van der Waals surface area contributed by atoms with Crippen LogP contribution >= 0.6 is 24.0 Å². The molecule has 3 rings (SSSR count). The summed E-state index contributed by atoms with van der Waals surface area (Å²) in [5.74, 6) is 2.89. The van der Waals surface area contributed by atoms with Gasteiger partial charge in [0.05, 0.1) is 14.2 Å². The average Bonchev–Trinajstić information content (AvgIpc) is 3.21. The lowest BCUT2D eigenvalue weighted by Gasteiger charge is -2.10. The number of aromatic nitrogens is 2. The number of hydrogen-bond acceptors (Lipinski definition) is 4. The Morgan fingerprint density at radius 3 is 2.55 bits per heavy atom. The SMILES string of the molecule is COc1ccc(CCNC(N)=NCCc2nccn2Cc2ccccc2)cc1OC.I. The number of nitrogens with one attached hydrogen (secondary N) is 1. The van der Waals surface area contributed by atoms with Gasteiger partial charge in [-0.25, -0.2) is 4.98 Å². The van der Waals surface area contributed by atoms with Crippen LogP contribution in [0.25, 0.3) is 0 Å².